The van der Waals surface area contributed by atoms with E-state index < -0.39 is 10.0 Å². The third-order valence-corrected chi connectivity index (χ3v) is 8.70. The molecule has 1 saturated heterocycles. The Labute approximate surface area is 167 Å². The third kappa shape index (κ3) is 2.83. The summed E-state index contributed by atoms with van der Waals surface area (Å²) in [6.45, 7) is 0.964. The van der Waals surface area contributed by atoms with E-state index in [1.165, 1.54) is 11.3 Å². The zero-order valence-corrected chi connectivity index (χ0v) is 16.7. The van der Waals surface area contributed by atoms with Crippen LogP contribution in [0.2, 0.25) is 0 Å². The van der Waals surface area contributed by atoms with Gasteiger partial charge in [-0.2, -0.15) is 4.31 Å². The minimum atomic E-state index is -3.51. The number of anilines is 1. The maximum absolute atomic E-state index is 13.2. The van der Waals surface area contributed by atoms with Crippen molar-refractivity contribution in [2.75, 3.05) is 18.4 Å². The summed E-state index contributed by atoms with van der Waals surface area (Å²) in [7, 11) is -3.51. The van der Waals surface area contributed by atoms with E-state index in [9.17, 15) is 13.2 Å². The Morgan fingerprint density at radius 1 is 1.14 bits per heavy atom. The van der Waals surface area contributed by atoms with Crippen LogP contribution < -0.4 is 5.32 Å². The average Bonchev–Trinajstić information content (AvgIpc) is 3.30. The molecule has 0 bridgehead atoms. The van der Waals surface area contributed by atoms with E-state index in [2.05, 4.69) is 10.3 Å². The number of carbonyl (C=O) groups excluding carboxylic acids is 1. The van der Waals surface area contributed by atoms with Crippen molar-refractivity contribution in [2.45, 2.75) is 30.1 Å². The van der Waals surface area contributed by atoms with Crippen LogP contribution >= 0.6 is 11.3 Å². The predicted octanol–water partition coefficient (Wildman–Crippen LogP) is 3.36. The fraction of sp³-hybridized carbons (Fsp3) is 0.300. The van der Waals surface area contributed by atoms with Gasteiger partial charge in [0.25, 0.3) is 0 Å². The lowest BCUT2D eigenvalue weighted by atomic mass is 9.87. The Hall–Kier alpha value is -2.29. The minimum absolute atomic E-state index is 0.0284. The number of thiophene rings is 1. The molecule has 144 valence electrons. The lowest BCUT2D eigenvalue weighted by Gasteiger charge is -2.32. The fourth-order valence-electron chi connectivity index (χ4n) is 4.22. The molecular weight excluding hydrogens is 394 g/mol. The Bertz CT molecular complexity index is 1180. The van der Waals surface area contributed by atoms with E-state index in [4.69, 9.17) is 0 Å². The van der Waals surface area contributed by atoms with Gasteiger partial charge in [-0.1, -0.05) is 18.2 Å². The Kier molecular flexibility index (Phi) is 4.22. The molecule has 3 aromatic rings. The quantitative estimate of drug-likeness (QED) is 0.714. The third-order valence-electron chi connectivity index (χ3n) is 5.64. The Morgan fingerprint density at radius 2 is 1.93 bits per heavy atom. The van der Waals surface area contributed by atoms with Gasteiger partial charge >= 0.3 is 0 Å². The lowest BCUT2D eigenvalue weighted by molar-refractivity contribution is -0.115. The van der Waals surface area contributed by atoms with Crippen molar-refractivity contribution in [3.05, 3.63) is 53.0 Å². The van der Waals surface area contributed by atoms with E-state index in [1.54, 1.807) is 15.9 Å². The highest BCUT2D eigenvalue weighted by molar-refractivity contribution is 7.89. The van der Waals surface area contributed by atoms with Gasteiger partial charge in [0.05, 0.1) is 6.42 Å². The summed E-state index contributed by atoms with van der Waals surface area (Å²) >= 11 is 1.46. The standard InChI is InChI=1S/C20H19N3O3S2/c24-19-11-16-14(5-8-21-20(16)22-19)13-6-9-23(10-7-13)28(25,26)18-12-27-17-4-2-1-3-15(17)18/h1-5,8,12-13H,6-7,9-11H2,(H,21,22,24). The molecule has 4 heterocycles. The van der Waals surface area contributed by atoms with Crippen LogP contribution in [0, 0.1) is 0 Å². The van der Waals surface area contributed by atoms with Gasteiger partial charge < -0.3 is 5.32 Å². The molecule has 0 saturated carbocycles. The smallest absolute Gasteiger partial charge is 0.244 e. The molecule has 2 aliphatic heterocycles. The van der Waals surface area contributed by atoms with Crippen molar-refractivity contribution in [3.63, 3.8) is 0 Å². The van der Waals surface area contributed by atoms with Crippen molar-refractivity contribution in [2.24, 2.45) is 0 Å². The molecule has 0 aliphatic carbocycles. The van der Waals surface area contributed by atoms with E-state index in [1.807, 2.05) is 30.3 Å². The summed E-state index contributed by atoms with van der Waals surface area (Å²) in [5.41, 5.74) is 2.10. The van der Waals surface area contributed by atoms with Gasteiger partial charge in [-0.05, 0) is 36.5 Å². The second kappa shape index (κ2) is 6.65. The first-order valence-corrected chi connectivity index (χ1v) is 11.6. The lowest BCUT2D eigenvalue weighted by Crippen LogP contribution is -2.38. The SMILES string of the molecule is O=C1Cc2c(C3CCN(S(=O)(=O)c4csc5ccccc45)CC3)ccnc2N1. The number of pyridine rings is 1. The van der Waals surface area contributed by atoms with Gasteiger partial charge in [-0.3, -0.25) is 4.79 Å². The number of amides is 1. The highest BCUT2D eigenvalue weighted by Gasteiger charge is 2.33. The van der Waals surface area contributed by atoms with Crippen molar-refractivity contribution in [3.8, 4) is 0 Å². The molecule has 6 nitrogen and oxygen atoms in total. The van der Waals surface area contributed by atoms with Gasteiger partial charge in [-0.15, -0.1) is 11.3 Å². The van der Waals surface area contributed by atoms with Crippen molar-refractivity contribution in [1.29, 1.82) is 0 Å². The number of fused-ring (bicyclic) bond motifs is 2. The molecule has 5 rings (SSSR count). The molecule has 1 amide bonds. The largest absolute Gasteiger partial charge is 0.310 e. The van der Waals surface area contributed by atoms with E-state index >= 15 is 0 Å². The molecule has 2 aliphatic rings. The molecule has 1 N–H and O–H groups in total. The molecule has 0 unspecified atom stereocenters. The first kappa shape index (κ1) is 17.8. The van der Waals surface area contributed by atoms with E-state index in [0.717, 1.165) is 34.1 Å². The summed E-state index contributed by atoms with van der Waals surface area (Å²) in [4.78, 5) is 16.4. The Balaban J connectivity index is 1.38. The summed E-state index contributed by atoms with van der Waals surface area (Å²) < 4.78 is 29.0. The zero-order chi connectivity index (χ0) is 19.3. The normalized spacial score (nSPS) is 18.4. The highest BCUT2D eigenvalue weighted by atomic mass is 32.2. The number of piperidine rings is 1. The van der Waals surface area contributed by atoms with Crippen LogP contribution in [0.25, 0.3) is 10.1 Å². The maximum atomic E-state index is 13.2. The maximum Gasteiger partial charge on any atom is 0.244 e. The minimum Gasteiger partial charge on any atom is -0.310 e. The monoisotopic (exact) mass is 413 g/mol. The second-order valence-electron chi connectivity index (χ2n) is 7.23. The van der Waals surface area contributed by atoms with E-state index in [0.29, 0.717) is 30.2 Å². The zero-order valence-electron chi connectivity index (χ0n) is 15.1. The van der Waals surface area contributed by atoms with Crippen LogP contribution in [-0.2, 0) is 21.2 Å². The van der Waals surface area contributed by atoms with Crippen LogP contribution in [-0.4, -0.2) is 36.7 Å². The number of hydrogen-bond acceptors (Lipinski definition) is 5. The van der Waals surface area contributed by atoms with Crippen LogP contribution in [0.4, 0.5) is 5.82 Å². The topological polar surface area (TPSA) is 79.4 Å². The highest BCUT2D eigenvalue weighted by Crippen LogP contribution is 2.37. The van der Waals surface area contributed by atoms with Crippen LogP contribution in [0.1, 0.15) is 29.9 Å². The number of rotatable bonds is 3. The number of aromatic nitrogens is 1. The fourth-order valence-corrected chi connectivity index (χ4v) is 7.16. The number of hydrogen-bond donors (Lipinski definition) is 1. The second-order valence-corrected chi connectivity index (χ2v) is 10.0. The van der Waals surface area contributed by atoms with Crippen molar-refractivity contribution >= 4 is 43.2 Å². The molecule has 1 fully saturated rings. The molecule has 0 radical (unpaired) electrons. The first-order valence-electron chi connectivity index (χ1n) is 9.28. The summed E-state index contributed by atoms with van der Waals surface area (Å²) in [5, 5.41) is 5.34. The number of carbonyl (C=O) groups is 1. The molecule has 8 heteroatoms. The van der Waals surface area contributed by atoms with Crippen LogP contribution in [0.3, 0.4) is 0 Å². The van der Waals surface area contributed by atoms with Gasteiger partial charge in [0.1, 0.15) is 10.7 Å². The van der Waals surface area contributed by atoms with Gasteiger partial charge in [0.15, 0.2) is 0 Å². The molecular formula is C20H19N3O3S2. The number of nitrogens with one attached hydrogen (secondary N) is 1. The Morgan fingerprint density at radius 3 is 2.75 bits per heavy atom. The summed E-state index contributed by atoms with van der Waals surface area (Å²) in [5.74, 6) is 0.872. The summed E-state index contributed by atoms with van der Waals surface area (Å²) in [6.07, 6.45) is 3.57. The summed E-state index contributed by atoms with van der Waals surface area (Å²) in [6, 6.07) is 9.59. The van der Waals surface area contributed by atoms with Crippen molar-refractivity contribution < 1.29 is 13.2 Å². The molecule has 0 atom stereocenters. The van der Waals surface area contributed by atoms with Crippen LogP contribution in [0.5, 0.6) is 0 Å². The molecule has 0 spiro atoms. The number of benzene rings is 1. The van der Waals surface area contributed by atoms with Gasteiger partial charge in [0, 0.05) is 40.3 Å². The molecule has 28 heavy (non-hydrogen) atoms. The molecule has 1 aromatic carbocycles. The van der Waals surface area contributed by atoms with E-state index in [-0.39, 0.29) is 11.8 Å². The average molecular weight is 414 g/mol. The number of nitrogens with zero attached hydrogens (tertiary/aromatic N) is 2. The van der Waals surface area contributed by atoms with Gasteiger partial charge in [0.2, 0.25) is 15.9 Å². The molecule has 2 aromatic heterocycles. The van der Waals surface area contributed by atoms with Crippen LogP contribution in [0.15, 0.2) is 46.8 Å². The first-order chi connectivity index (χ1) is 13.5. The van der Waals surface area contributed by atoms with Gasteiger partial charge in [-0.25, -0.2) is 13.4 Å². The predicted molar refractivity (Wildman–Crippen MR) is 109 cm³/mol. The number of sulfonamides is 1. The van der Waals surface area contributed by atoms with Crippen molar-refractivity contribution in [1.82, 2.24) is 9.29 Å².